The maximum atomic E-state index is 5.93. The standard InChI is InChI=1S/C13H16BrN3O/c1-2-3-11(15)13-16-12(17-18-13)8-9-4-6-10(14)7-5-9/h4-7,11H,2-3,8,15H2,1H3/t11-/m1/s1. The topological polar surface area (TPSA) is 64.9 Å². The lowest BCUT2D eigenvalue weighted by atomic mass is 10.1. The van der Waals surface area contributed by atoms with E-state index in [-0.39, 0.29) is 6.04 Å². The highest BCUT2D eigenvalue weighted by Crippen LogP contribution is 2.16. The zero-order chi connectivity index (χ0) is 13.0. The lowest BCUT2D eigenvalue weighted by Gasteiger charge is -2.02. The van der Waals surface area contributed by atoms with E-state index >= 15 is 0 Å². The Morgan fingerprint density at radius 1 is 1.33 bits per heavy atom. The summed E-state index contributed by atoms with van der Waals surface area (Å²) in [7, 11) is 0. The van der Waals surface area contributed by atoms with Crippen molar-refractivity contribution in [3.63, 3.8) is 0 Å². The van der Waals surface area contributed by atoms with Gasteiger partial charge in [0.15, 0.2) is 5.82 Å². The van der Waals surface area contributed by atoms with Gasteiger partial charge in [0.25, 0.3) is 0 Å². The second kappa shape index (κ2) is 6.11. The number of hydrogen-bond donors (Lipinski definition) is 1. The first-order chi connectivity index (χ1) is 8.69. The largest absolute Gasteiger partial charge is 0.338 e. The van der Waals surface area contributed by atoms with Gasteiger partial charge in [-0.15, -0.1) is 0 Å². The Hall–Kier alpha value is -1.20. The zero-order valence-corrected chi connectivity index (χ0v) is 11.9. The van der Waals surface area contributed by atoms with E-state index in [1.807, 2.05) is 24.3 Å². The molecular formula is C13H16BrN3O. The van der Waals surface area contributed by atoms with Crippen LogP contribution in [0.5, 0.6) is 0 Å². The van der Waals surface area contributed by atoms with Crippen molar-refractivity contribution in [2.75, 3.05) is 0 Å². The fourth-order valence-corrected chi connectivity index (χ4v) is 1.97. The lowest BCUT2D eigenvalue weighted by Crippen LogP contribution is -2.10. The van der Waals surface area contributed by atoms with E-state index in [9.17, 15) is 0 Å². The van der Waals surface area contributed by atoms with Gasteiger partial charge in [0.2, 0.25) is 5.89 Å². The molecule has 1 aromatic heterocycles. The fraction of sp³-hybridized carbons (Fsp3) is 0.385. The maximum Gasteiger partial charge on any atom is 0.243 e. The smallest absolute Gasteiger partial charge is 0.243 e. The molecule has 1 atom stereocenters. The number of nitrogens with zero attached hydrogens (tertiary/aromatic N) is 2. The van der Waals surface area contributed by atoms with Crippen LogP contribution in [0.25, 0.3) is 0 Å². The summed E-state index contributed by atoms with van der Waals surface area (Å²) in [5, 5.41) is 3.96. The van der Waals surface area contributed by atoms with Crippen LogP contribution < -0.4 is 5.73 Å². The van der Waals surface area contributed by atoms with Crippen LogP contribution in [0, 0.1) is 0 Å². The number of nitrogens with two attached hydrogens (primary N) is 1. The molecule has 1 aromatic carbocycles. The molecule has 0 radical (unpaired) electrons. The van der Waals surface area contributed by atoms with Crippen molar-refractivity contribution in [2.24, 2.45) is 5.73 Å². The molecule has 96 valence electrons. The van der Waals surface area contributed by atoms with Crippen molar-refractivity contribution in [1.29, 1.82) is 0 Å². The molecule has 0 amide bonds. The first kappa shape index (κ1) is 13.2. The monoisotopic (exact) mass is 309 g/mol. The minimum absolute atomic E-state index is 0.152. The van der Waals surface area contributed by atoms with Crippen molar-refractivity contribution in [1.82, 2.24) is 10.1 Å². The number of aromatic nitrogens is 2. The molecule has 0 aliphatic carbocycles. The van der Waals surface area contributed by atoms with Gasteiger partial charge in [0, 0.05) is 10.9 Å². The van der Waals surface area contributed by atoms with E-state index in [2.05, 4.69) is 33.0 Å². The molecule has 1 heterocycles. The Labute approximate surface area is 115 Å². The molecule has 0 unspecified atom stereocenters. The predicted octanol–water partition coefficient (Wildman–Crippen LogP) is 3.22. The third-order valence-electron chi connectivity index (χ3n) is 2.68. The number of halogens is 1. The van der Waals surface area contributed by atoms with Gasteiger partial charge < -0.3 is 10.3 Å². The van der Waals surface area contributed by atoms with Crippen molar-refractivity contribution < 1.29 is 4.52 Å². The van der Waals surface area contributed by atoms with Gasteiger partial charge in [0.1, 0.15) is 0 Å². The Balaban J connectivity index is 2.04. The molecule has 2 N–H and O–H groups in total. The third kappa shape index (κ3) is 3.40. The average molecular weight is 310 g/mol. The van der Waals surface area contributed by atoms with Crippen LogP contribution in [0.2, 0.25) is 0 Å². The van der Waals surface area contributed by atoms with E-state index in [4.69, 9.17) is 10.3 Å². The summed E-state index contributed by atoms with van der Waals surface area (Å²) in [5.41, 5.74) is 7.08. The van der Waals surface area contributed by atoms with E-state index in [0.717, 1.165) is 22.9 Å². The quantitative estimate of drug-likeness (QED) is 0.921. The summed E-state index contributed by atoms with van der Waals surface area (Å²) < 4.78 is 6.24. The molecule has 18 heavy (non-hydrogen) atoms. The van der Waals surface area contributed by atoms with Crippen LogP contribution in [-0.4, -0.2) is 10.1 Å². The van der Waals surface area contributed by atoms with Crippen molar-refractivity contribution in [2.45, 2.75) is 32.2 Å². The predicted molar refractivity (Wildman–Crippen MR) is 73.1 cm³/mol. The Morgan fingerprint density at radius 3 is 2.72 bits per heavy atom. The van der Waals surface area contributed by atoms with Gasteiger partial charge in [-0.1, -0.05) is 46.6 Å². The summed E-state index contributed by atoms with van der Waals surface area (Å²) in [6.07, 6.45) is 2.53. The molecule has 2 rings (SSSR count). The minimum Gasteiger partial charge on any atom is -0.338 e. The summed E-state index contributed by atoms with van der Waals surface area (Å²) in [6.45, 7) is 2.08. The van der Waals surface area contributed by atoms with Crippen LogP contribution in [0.15, 0.2) is 33.3 Å². The molecule has 0 saturated carbocycles. The number of benzene rings is 1. The highest BCUT2D eigenvalue weighted by atomic mass is 79.9. The molecular weight excluding hydrogens is 294 g/mol. The molecule has 0 saturated heterocycles. The summed E-state index contributed by atoms with van der Waals surface area (Å²) in [4.78, 5) is 4.33. The third-order valence-corrected chi connectivity index (χ3v) is 3.20. The number of hydrogen-bond acceptors (Lipinski definition) is 4. The van der Waals surface area contributed by atoms with Gasteiger partial charge in [-0.3, -0.25) is 0 Å². The molecule has 2 aromatic rings. The van der Waals surface area contributed by atoms with Crippen LogP contribution >= 0.6 is 15.9 Å². The molecule has 0 spiro atoms. The van der Waals surface area contributed by atoms with Crippen LogP contribution in [0.1, 0.15) is 43.1 Å². The first-order valence-corrected chi connectivity index (χ1v) is 6.81. The summed E-state index contributed by atoms with van der Waals surface area (Å²) in [5.74, 6) is 1.21. The van der Waals surface area contributed by atoms with Crippen LogP contribution in [0.3, 0.4) is 0 Å². The lowest BCUT2D eigenvalue weighted by molar-refractivity contribution is 0.345. The summed E-state index contributed by atoms with van der Waals surface area (Å²) >= 11 is 3.41. The van der Waals surface area contributed by atoms with Gasteiger partial charge in [0.05, 0.1) is 6.04 Å². The van der Waals surface area contributed by atoms with Gasteiger partial charge in [-0.2, -0.15) is 4.98 Å². The van der Waals surface area contributed by atoms with Crippen LogP contribution in [-0.2, 0) is 6.42 Å². The molecule has 4 nitrogen and oxygen atoms in total. The molecule has 0 fully saturated rings. The second-order valence-corrected chi connectivity index (χ2v) is 5.16. The van der Waals surface area contributed by atoms with E-state index < -0.39 is 0 Å². The maximum absolute atomic E-state index is 5.93. The minimum atomic E-state index is -0.152. The van der Waals surface area contributed by atoms with E-state index in [0.29, 0.717) is 18.1 Å². The molecule has 5 heteroatoms. The first-order valence-electron chi connectivity index (χ1n) is 6.01. The van der Waals surface area contributed by atoms with Crippen molar-refractivity contribution in [3.8, 4) is 0 Å². The van der Waals surface area contributed by atoms with Gasteiger partial charge in [-0.05, 0) is 24.1 Å². The fourth-order valence-electron chi connectivity index (χ4n) is 1.71. The molecule has 0 bridgehead atoms. The summed E-state index contributed by atoms with van der Waals surface area (Å²) in [6, 6.07) is 7.91. The molecule has 0 aliphatic heterocycles. The Kier molecular flexibility index (Phi) is 4.49. The van der Waals surface area contributed by atoms with Gasteiger partial charge >= 0.3 is 0 Å². The Bertz CT molecular complexity index is 495. The van der Waals surface area contributed by atoms with Crippen LogP contribution in [0.4, 0.5) is 0 Å². The average Bonchev–Trinajstić information content (AvgIpc) is 2.81. The highest BCUT2D eigenvalue weighted by molar-refractivity contribution is 9.10. The normalized spacial score (nSPS) is 12.6. The van der Waals surface area contributed by atoms with Crippen molar-refractivity contribution in [3.05, 3.63) is 46.0 Å². The number of rotatable bonds is 5. The second-order valence-electron chi connectivity index (χ2n) is 4.25. The Morgan fingerprint density at radius 2 is 2.06 bits per heavy atom. The zero-order valence-electron chi connectivity index (χ0n) is 10.3. The SMILES string of the molecule is CCC[C@@H](N)c1nc(Cc2ccc(Br)cc2)no1. The van der Waals surface area contributed by atoms with Crippen molar-refractivity contribution >= 4 is 15.9 Å². The van der Waals surface area contributed by atoms with Gasteiger partial charge in [-0.25, -0.2) is 0 Å². The highest BCUT2D eigenvalue weighted by Gasteiger charge is 2.13. The molecule has 0 aliphatic rings. The van der Waals surface area contributed by atoms with E-state index in [1.54, 1.807) is 0 Å². The van der Waals surface area contributed by atoms with E-state index in [1.165, 1.54) is 0 Å².